The van der Waals surface area contributed by atoms with E-state index in [1.54, 1.807) is 36.5 Å². The Morgan fingerprint density at radius 3 is 2.47 bits per heavy atom. The molecule has 0 aliphatic carbocycles. The molecule has 30 heavy (non-hydrogen) atoms. The summed E-state index contributed by atoms with van der Waals surface area (Å²) in [6.45, 7) is 4.12. The van der Waals surface area contributed by atoms with Gasteiger partial charge in [-0.2, -0.15) is 0 Å². The summed E-state index contributed by atoms with van der Waals surface area (Å²) in [6.07, 6.45) is 1.80. The highest BCUT2D eigenvalue weighted by Crippen LogP contribution is 2.32. The van der Waals surface area contributed by atoms with Crippen LogP contribution in [0, 0.1) is 13.8 Å². The minimum absolute atomic E-state index is 0.0741. The van der Waals surface area contributed by atoms with E-state index in [1.165, 1.54) is 11.1 Å². The smallest absolute Gasteiger partial charge is 0.315 e. The van der Waals surface area contributed by atoms with Crippen molar-refractivity contribution in [3.8, 4) is 17.2 Å². The van der Waals surface area contributed by atoms with Gasteiger partial charge in [0.25, 0.3) is 0 Å². The maximum Gasteiger partial charge on any atom is 0.315 e. The molecular weight excluding hydrogens is 398 g/mol. The highest BCUT2D eigenvalue weighted by Gasteiger charge is 2.12. The number of carbonyl (C=O) groups excluding carboxylic acids is 1. The van der Waals surface area contributed by atoms with Gasteiger partial charge in [-0.3, -0.25) is 9.78 Å². The fraction of sp³-hybridized carbons (Fsp3) is 0.120. The Kier molecular flexibility index (Phi) is 5.68. The second-order valence-electron chi connectivity index (χ2n) is 7.08. The SMILES string of the molecule is Cc1cc2nccc(Oc3ccc(CC(=O)Oc4ccccc4)c(Cl)c3)c2cc1C. The van der Waals surface area contributed by atoms with Gasteiger partial charge in [-0.05, 0) is 73.0 Å². The molecule has 1 heterocycles. The molecule has 0 N–H and O–H groups in total. The van der Waals surface area contributed by atoms with Crippen molar-refractivity contribution in [1.82, 2.24) is 4.98 Å². The second kappa shape index (κ2) is 8.56. The molecule has 0 radical (unpaired) electrons. The van der Waals surface area contributed by atoms with E-state index in [-0.39, 0.29) is 12.4 Å². The molecule has 0 amide bonds. The summed E-state index contributed by atoms with van der Waals surface area (Å²) in [6, 6.07) is 20.2. The summed E-state index contributed by atoms with van der Waals surface area (Å²) >= 11 is 6.41. The van der Waals surface area contributed by atoms with E-state index in [1.807, 2.05) is 30.3 Å². The molecule has 0 spiro atoms. The van der Waals surface area contributed by atoms with Crippen LogP contribution in [0.1, 0.15) is 16.7 Å². The molecular formula is C25H20ClNO3. The van der Waals surface area contributed by atoms with E-state index >= 15 is 0 Å². The lowest BCUT2D eigenvalue weighted by atomic mass is 10.1. The van der Waals surface area contributed by atoms with Crippen LogP contribution in [-0.2, 0) is 11.2 Å². The molecule has 4 aromatic rings. The number of nitrogens with zero attached hydrogens (tertiary/aromatic N) is 1. The monoisotopic (exact) mass is 417 g/mol. The fourth-order valence-electron chi connectivity index (χ4n) is 3.14. The Hall–Kier alpha value is -3.37. The Labute approximate surface area is 180 Å². The number of para-hydroxylation sites is 1. The lowest BCUT2D eigenvalue weighted by molar-refractivity contribution is -0.133. The lowest BCUT2D eigenvalue weighted by Gasteiger charge is -2.12. The van der Waals surface area contributed by atoms with E-state index in [2.05, 4.69) is 24.9 Å². The summed E-state index contributed by atoms with van der Waals surface area (Å²) in [4.78, 5) is 16.6. The normalized spacial score (nSPS) is 10.8. The van der Waals surface area contributed by atoms with Crippen LogP contribution in [0.2, 0.25) is 5.02 Å². The van der Waals surface area contributed by atoms with E-state index in [0.717, 1.165) is 10.9 Å². The molecule has 3 aromatic carbocycles. The van der Waals surface area contributed by atoms with Gasteiger partial charge in [-0.25, -0.2) is 0 Å². The third-order valence-corrected chi connectivity index (χ3v) is 5.23. The Morgan fingerprint density at radius 1 is 0.933 bits per heavy atom. The lowest BCUT2D eigenvalue weighted by Crippen LogP contribution is -2.11. The van der Waals surface area contributed by atoms with E-state index in [9.17, 15) is 4.79 Å². The summed E-state index contributed by atoms with van der Waals surface area (Å²) in [7, 11) is 0. The molecule has 150 valence electrons. The number of fused-ring (bicyclic) bond motifs is 1. The van der Waals surface area contributed by atoms with Gasteiger partial charge in [0, 0.05) is 16.6 Å². The van der Waals surface area contributed by atoms with Crippen molar-refractivity contribution in [1.29, 1.82) is 0 Å². The molecule has 0 fully saturated rings. The number of esters is 1. The summed E-state index contributed by atoms with van der Waals surface area (Å²) in [5.41, 5.74) is 3.91. The molecule has 0 saturated heterocycles. The van der Waals surface area contributed by atoms with Crippen LogP contribution in [-0.4, -0.2) is 11.0 Å². The number of aryl methyl sites for hydroxylation is 2. The van der Waals surface area contributed by atoms with Crippen molar-refractivity contribution in [2.75, 3.05) is 0 Å². The molecule has 0 atom stereocenters. The first-order valence-electron chi connectivity index (χ1n) is 9.57. The van der Waals surface area contributed by atoms with Gasteiger partial charge in [0.2, 0.25) is 0 Å². The molecule has 4 nitrogen and oxygen atoms in total. The zero-order valence-electron chi connectivity index (χ0n) is 16.7. The number of carbonyl (C=O) groups is 1. The summed E-state index contributed by atoms with van der Waals surface area (Å²) < 4.78 is 11.4. The van der Waals surface area contributed by atoms with Gasteiger partial charge in [0.1, 0.15) is 17.2 Å². The first-order chi connectivity index (χ1) is 14.5. The molecule has 5 heteroatoms. The van der Waals surface area contributed by atoms with Crippen LogP contribution in [0.3, 0.4) is 0 Å². The zero-order chi connectivity index (χ0) is 21.1. The van der Waals surface area contributed by atoms with Crippen LogP contribution in [0.4, 0.5) is 0 Å². The first-order valence-corrected chi connectivity index (χ1v) is 9.95. The number of pyridine rings is 1. The van der Waals surface area contributed by atoms with Crippen molar-refractivity contribution in [3.05, 3.63) is 94.6 Å². The maximum atomic E-state index is 12.2. The molecule has 1 aromatic heterocycles. The van der Waals surface area contributed by atoms with Crippen molar-refractivity contribution in [3.63, 3.8) is 0 Å². The number of hydrogen-bond donors (Lipinski definition) is 0. The van der Waals surface area contributed by atoms with E-state index < -0.39 is 0 Å². The predicted octanol–water partition coefficient (Wildman–Crippen LogP) is 6.45. The summed E-state index contributed by atoms with van der Waals surface area (Å²) in [5.74, 6) is 1.43. The predicted molar refractivity (Wildman–Crippen MR) is 119 cm³/mol. The first kappa shape index (κ1) is 19.9. The van der Waals surface area contributed by atoms with Gasteiger partial charge < -0.3 is 9.47 Å². The molecule has 0 aliphatic heterocycles. The molecule has 0 unspecified atom stereocenters. The van der Waals surface area contributed by atoms with Crippen LogP contribution in [0.25, 0.3) is 10.9 Å². The van der Waals surface area contributed by atoms with Crippen LogP contribution >= 0.6 is 11.6 Å². The Balaban J connectivity index is 1.52. The average molecular weight is 418 g/mol. The minimum atomic E-state index is -0.372. The number of benzene rings is 3. The molecule has 0 saturated carbocycles. The van der Waals surface area contributed by atoms with Gasteiger partial charge in [-0.1, -0.05) is 35.9 Å². The number of ether oxygens (including phenoxy) is 2. The van der Waals surface area contributed by atoms with Crippen molar-refractivity contribution in [2.24, 2.45) is 0 Å². The van der Waals surface area contributed by atoms with Crippen molar-refractivity contribution in [2.45, 2.75) is 20.3 Å². The maximum absolute atomic E-state index is 12.2. The van der Waals surface area contributed by atoms with Crippen molar-refractivity contribution >= 4 is 28.5 Å². The highest BCUT2D eigenvalue weighted by atomic mass is 35.5. The Bertz CT molecular complexity index is 1220. The number of halogens is 1. The van der Waals surface area contributed by atoms with Crippen molar-refractivity contribution < 1.29 is 14.3 Å². The standard InChI is InChI=1S/C25H20ClNO3/c1-16-12-21-23(13-17(16)2)27-11-10-24(21)29-20-9-8-18(22(26)15-20)14-25(28)30-19-6-4-3-5-7-19/h3-13,15H,14H2,1-2H3. The van der Waals surface area contributed by atoms with Crippen LogP contribution in [0.15, 0.2) is 72.9 Å². The molecule has 4 rings (SSSR count). The van der Waals surface area contributed by atoms with Gasteiger partial charge in [-0.15, -0.1) is 0 Å². The molecule has 0 bridgehead atoms. The Morgan fingerprint density at radius 2 is 1.70 bits per heavy atom. The van der Waals surface area contributed by atoms with Crippen LogP contribution < -0.4 is 9.47 Å². The second-order valence-corrected chi connectivity index (χ2v) is 7.49. The number of hydrogen-bond acceptors (Lipinski definition) is 4. The zero-order valence-corrected chi connectivity index (χ0v) is 17.4. The number of aromatic nitrogens is 1. The van der Waals surface area contributed by atoms with Gasteiger partial charge >= 0.3 is 5.97 Å². The highest BCUT2D eigenvalue weighted by molar-refractivity contribution is 6.31. The van der Waals surface area contributed by atoms with E-state index in [0.29, 0.717) is 27.8 Å². The quantitative estimate of drug-likeness (QED) is 0.276. The third-order valence-electron chi connectivity index (χ3n) is 4.88. The largest absolute Gasteiger partial charge is 0.457 e. The fourth-order valence-corrected chi connectivity index (χ4v) is 3.38. The van der Waals surface area contributed by atoms with Crippen LogP contribution in [0.5, 0.6) is 17.2 Å². The topological polar surface area (TPSA) is 48.4 Å². The number of rotatable bonds is 5. The van der Waals surface area contributed by atoms with Gasteiger partial charge in [0.05, 0.1) is 11.9 Å². The average Bonchev–Trinajstić information content (AvgIpc) is 2.72. The van der Waals surface area contributed by atoms with E-state index in [4.69, 9.17) is 21.1 Å². The molecule has 0 aliphatic rings. The minimum Gasteiger partial charge on any atom is -0.457 e. The van der Waals surface area contributed by atoms with Gasteiger partial charge in [0.15, 0.2) is 0 Å². The third kappa shape index (κ3) is 4.44. The summed E-state index contributed by atoms with van der Waals surface area (Å²) in [5, 5.41) is 1.38.